The molecule has 1 atom stereocenters. The highest BCUT2D eigenvalue weighted by Crippen LogP contribution is 2.25. The van der Waals surface area contributed by atoms with Gasteiger partial charge in [-0.25, -0.2) is 0 Å². The van der Waals surface area contributed by atoms with Gasteiger partial charge in [-0.15, -0.1) is 11.8 Å². The fourth-order valence-corrected chi connectivity index (χ4v) is 2.93. The maximum absolute atomic E-state index is 12.5. The van der Waals surface area contributed by atoms with Crippen molar-refractivity contribution in [1.29, 1.82) is 0 Å². The lowest BCUT2D eigenvalue weighted by Crippen LogP contribution is -2.39. The van der Waals surface area contributed by atoms with Crippen LogP contribution in [0.15, 0.2) is 47.4 Å². The second kappa shape index (κ2) is 8.77. The van der Waals surface area contributed by atoms with Crippen LogP contribution < -0.4 is 5.32 Å². The van der Waals surface area contributed by atoms with Crippen LogP contribution in [0.1, 0.15) is 12.5 Å². The average Bonchev–Trinajstić information content (AvgIpc) is 2.58. The molecule has 0 aromatic heterocycles. The van der Waals surface area contributed by atoms with E-state index in [1.807, 2.05) is 18.9 Å². The molecule has 1 amide bonds. The van der Waals surface area contributed by atoms with Crippen LogP contribution in [0.3, 0.4) is 0 Å². The van der Waals surface area contributed by atoms with E-state index in [1.54, 1.807) is 30.0 Å². The quantitative estimate of drug-likeness (QED) is 0.698. The Kier molecular flexibility index (Phi) is 6.99. The van der Waals surface area contributed by atoms with E-state index in [0.717, 1.165) is 5.56 Å². The number of hydrogen-bond donors (Lipinski definition) is 1. The normalized spacial score (nSPS) is 12.2. The van der Waals surface area contributed by atoms with Crippen molar-refractivity contribution in [1.82, 2.24) is 4.90 Å². The minimum absolute atomic E-state index is 0.123. The van der Waals surface area contributed by atoms with Gasteiger partial charge in [0.2, 0.25) is 5.91 Å². The predicted molar refractivity (Wildman–Crippen MR) is 104 cm³/mol. The number of hydrogen-bond acceptors (Lipinski definition) is 3. The first-order valence-electron chi connectivity index (χ1n) is 7.50. The minimum atomic E-state index is -0.305. The molecule has 0 aliphatic rings. The van der Waals surface area contributed by atoms with Crippen LogP contribution >= 0.6 is 35.0 Å². The predicted octanol–water partition coefficient (Wildman–Crippen LogP) is 5.17. The molecule has 2 aromatic carbocycles. The van der Waals surface area contributed by atoms with Crippen LogP contribution in [0, 0.1) is 0 Å². The fourth-order valence-electron chi connectivity index (χ4n) is 2.19. The van der Waals surface area contributed by atoms with E-state index in [-0.39, 0.29) is 11.9 Å². The van der Waals surface area contributed by atoms with E-state index in [1.165, 1.54) is 4.90 Å². The van der Waals surface area contributed by atoms with Crippen LogP contribution in [-0.4, -0.2) is 30.2 Å². The molecular formula is C18H20Cl2N2OS. The topological polar surface area (TPSA) is 32.3 Å². The Balaban J connectivity index is 1.99. The largest absolute Gasteiger partial charge is 0.323 e. The van der Waals surface area contributed by atoms with E-state index in [9.17, 15) is 4.79 Å². The van der Waals surface area contributed by atoms with Crippen molar-refractivity contribution < 1.29 is 4.79 Å². The number of likely N-dealkylation sites (N-methyl/N-ethyl adjacent to an activating group) is 1. The van der Waals surface area contributed by atoms with Gasteiger partial charge in [-0.3, -0.25) is 9.69 Å². The van der Waals surface area contributed by atoms with Gasteiger partial charge in [0, 0.05) is 16.5 Å². The van der Waals surface area contributed by atoms with Gasteiger partial charge in [0.15, 0.2) is 0 Å². The molecule has 0 saturated carbocycles. The third kappa shape index (κ3) is 5.15. The third-order valence-electron chi connectivity index (χ3n) is 3.82. The number of carbonyl (C=O) groups is 1. The zero-order valence-electron chi connectivity index (χ0n) is 13.8. The van der Waals surface area contributed by atoms with Gasteiger partial charge in [-0.2, -0.15) is 0 Å². The number of amides is 1. The molecule has 0 heterocycles. The molecule has 2 aromatic rings. The molecular weight excluding hydrogens is 363 g/mol. The summed E-state index contributed by atoms with van der Waals surface area (Å²) in [5.41, 5.74) is 1.69. The summed E-state index contributed by atoms with van der Waals surface area (Å²) in [4.78, 5) is 15.7. The van der Waals surface area contributed by atoms with Crippen LogP contribution in [0.4, 0.5) is 5.69 Å². The SMILES string of the molecule is CSc1ccc(CN(C)[C@H](C)C(=O)Nc2cc(Cl)ccc2Cl)cc1. The molecule has 0 unspecified atom stereocenters. The minimum Gasteiger partial charge on any atom is -0.323 e. The summed E-state index contributed by atoms with van der Waals surface area (Å²) in [7, 11) is 1.92. The maximum Gasteiger partial charge on any atom is 0.241 e. The first-order chi connectivity index (χ1) is 11.4. The van der Waals surface area contributed by atoms with Crippen LogP contribution in [0.25, 0.3) is 0 Å². The highest BCUT2D eigenvalue weighted by atomic mass is 35.5. The average molecular weight is 383 g/mol. The number of nitrogens with zero attached hydrogens (tertiary/aromatic N) is 1. The Morgan fingerprint density at radius 1 is 1.21 bits per heavy atom. The molecule has 128 valence electrons. The van der Waals surface area contributed by atoms with Crippen molar-refractivity contribution in [3.63, 3.8) is 0 Å². The van der Waals surface area contributed by atoms with Crippen LogP contribution in [0.5, 0.6) is 0 Å². The molecule has 1 N–H and O–H groups in total. The molecule has 0 bridgehead atoms. The van der Waals surface area contributed by atoms with Crippen molar-refractivity contribution in [2.75, 3.05) is 18.6 Å². The Hall–Kier alpha value is -1.20. The first-order valence-corrected chi connectivity index (χ1v) is 9.48. The van der Waals surface area contributed by atoms with E-state index in [2.05, 4.69) is 35.8 Å². The van der Waals surface area contributed by atoms with Crippen molar-refractivity contribution in [2.24, 2.45) is 0 Å². The number of carbonyl (C=O) groups excluding carboxylic acids is 1. The Morgan fingerprint density at radius 2 is 1.88 bits per heavy atom. The third-order valence-corrected chi connectivity index (χ3v) is 5.13. The van der Waals surface area contributed by atoms with E-state index in [0.29, 0.717) is 22.3 Å². The molecule has 6 heteroatoms. The van der Waals surface area contributed by atoms with Gasteiger partial charge in [-0.05, 0) is 56.1 Å². The summed E-state index contributed by atoms with van der Waals surface area (Å²) in [6.45, 7) is 2.55. The molecule has 0 aliphatic heterocycles. The summed E-state index contributed by atoms with van der Waals surface area (Å²) in [5.74, 6) is -0.123. The van der Waals surface area contributed by atoms with E-state index >= 15 is 0 Å². The number of rotatable bonds is 6. The molecule has 3 nitrogen and oxygen atoms in total. The lowest BCUT2D eigenvalue weighted by Gasteiger charge is -2.24. The van der Waals surface area contributed by atoms with Gasteiger partial charge in [0.05, 0.1) is 16.8 Å². The van der Waals surface area contributed by atoms with Gasteiger partial charge >= 0.3 is 0 Å². The van der Waals surface area contributed by atoms with Crippen LogP contribution in [-0.2, 0) is 11.3 Å². The van der Waals surface area contributed by atoms with Crippen molar-refractivity contribution in [3.8, 4) is 0 Å². The smallest absolute Gasteiger partial charge is 0.241 e. The van der Waals surface area contributed by atoms with Gasteiger partial charge in [-0.1, -0.05) is 35.3 Å². The number of benzene rings is 2. The zero-order chi connectivity index (χ0) is 17.7. The summed E-state index contributed by atoms with van der Waals surface area (Å²) in [5, 5.41) is 3.84. The van der Waals surface area contributed by atoms with Crippen molar-refractivity contribution >= 4 is 46.6 Å². The highest BCUT2D eigenvalue weighted by molar-refractivity contribution is 7.98. The standard InChI is InChI=1S/C18H20Cl2N2OS/c1-12(18(23)21-17-10-14(19)6-9-16(17)20)22(2)11-13-4-7-15(24-3)8-5-13/h4-10,12H,11H2,1-3H3,(H,21,23)/t12-/m1/s1. The molecule has 24 heavy (non-hydrogen) atoms. The maximum atomic E-state index is 12.5. The monoisotopic (exact) mass is 382 g/mol. The summed E-state index contributed by atoms with van der Waals surface area (Å²) < 4.78 is 0. The first kappa shape index (κ1) is 19.1. The number of halogens is 2. The molecule has 0 saturated heterocycles. The lowest BCUT2D eigenvalue weighted by atomic mass is 10.2. The zero-order valence-corrected chi connectivity index (χ0v) is 16.2. The van der Waals surface area contributed by atoms with Crippen LogP contribution in [0.2, 0.25) is 10.0 Å². The molecule has 0 radical (unpaired) electrons. The Morgan fingerprint density at radius 3 is 2.50 bits per heavy atom. The summed E-state index contributed by atoms with van der Waals surface area (Å²) >= 11 is 13.8. The van der Waals surface area contributed by atoms with Gasteiger partial charge in [0.1, 0.15) is 0 Å². The Bertz CT molecular complexity index is 707. The van der Waals surface area contributed by atoms with E-state index in [4.69, 9.17) is 23.2 Å². The second-order valence-electron chi connectivity index (χ2n) is 5.55. The van der Waals surface area contributed by atoms with Gasteiger partial charge in [0.25, 0.3) is 0 Å². The number of thioether (sulfide) groups is 1. The highest BCUT2D eigenvalue weighted by Gasteiger charge is 2.19. The second-order valence-corrected chi connectivity index (χ2v) is 7.28. The van der Waals surface area contributed by atoms with Gasteiger partial charge < -0.3 is 5.32 Å². The fraction of sp³-hybridized carbons (Fsp3) is 0.278. The Labute approximate surface area is 157 Å². The molecule has 2 rings (SSSR count). The van der Waals surface area contributed by atoms with Crippen molar-refractivity contribution in [3.05, 3.63) is 58.1 Å². The molecule has 0 aliphatic carbocycles. The number of nitrogens with one attached hydrogen (secondary N) is 1. The molecule has 0 spiro atoms. The van der Waals surface area contributed by atoms with Crippen molar-refractivity contribution in [2.45, 2.75) is 24.4 Å². The lowest BCUT2D eigenvalue weighted by molar-refractivity contribution is -0.120. The number of anilines is 1. The molecule has 0 fully saturated rings. The van der Waals surface area contributed by atoms with E-state index < -0.39 is 0 Å². The summed E-state index contributed by atoms with van der Waals surface area (Å²) in [6, 6.07) is 13.0. The summed E-state index contributed by atoms with van der Waals surface area (Å²) in [6.07, 6.45) is 2.05.